The van der Waals surface area contributed by atoms with Crippen molar-refractivity contribution in [1.29, 1.82) is 0 Å². The van der Waals surface area contributed by atoms with Gasteiger partial charge in [0.2, 0.25) is 0 Å². The Morgan fingerprint density at radius 2 is 1.89 bits per heavy atom. The first kappa shape index (κ1) is 20.5. The fourth-order valence-electron chi connectivity index (χ4n) is 1.94. The molecule has 0 atom stereocenters. The van der Waals surface area contributed by atoms with E-state index in [-0.39, 0.29) is 26.1 Å². The molecule has 0 unspecified atom stereocenters. The number of carboxylic acid groups (broad SMARTS) is 1. The molecule has 0 aliphatic carbocycles. The second kappa shape index (κ2) is 9.21. The summed E-state index contributed by atoms with van der Waals surface area (Å²) in [6.07, 6.45) is -4.16. The number of alkyl halides is 3. The van der Waals surface area contributed by atoms with Gasteiger partial charge in [0.1, 0.15) is 10.8 Å². The van der Waals surface area contributed by atoms with Crippen LogP contribution in [0.5, 0.6) is 5.75 Å². The van der Waals surface area contributed by atoms with Gasteiger partial charge in [-0.2, -0.15) is 13.2 Å². The lowest BCUT2D eigenvalue weighted by atomic mass is 10.2. The van der Waals surface area contributed by atoms with Crippen molar-refractivity contribution in [2.75, 3.05) is 13.2 Å². The van der Waals surface area contributed by atoms with E-state index in [1.807, 2.05) is 0 Å². The molecule has 27 heavy (non-hydrogen) atoms. The molecule has 0 spiro atoms. The smallest absolute Gasteiger partial charge is 0.471 e. The third-order valence-electron chi connectivity index (χ3n) is 3.20. The Labute approximate surface area is 156 Å². The number of ether oxygens (including phenoxy) is 1. The van der Waals surface area contributed by atoms with Gasteiger partial charge >= 0.3 is 18.2 Å². The van der Waals surface area contributed by atoms with Gasteiger partial charge in [-0.1, -0.05) is 0 Å². The number of hydrogen-bond acceptors (Lipinski definition) is 5. The van der Waals surface area contributed by atoms with Crippen molar-refractivity contribution >= 4 is 23.3 Å². The lowest BCUT2D eigenvalue weighted by molar-refractivity contribution is -0.173. The molecular weight excluding hydrogens is 387 g/mol. The Bertz CT molecular complexity index is 778. The molecule has 1 heterocycles. The summed E-state index contributed by atoms with van der Waals surface area (Å²) in [7, 11) is 0. The average molecular weight is 403 g/mol. The summed E-state index contributed by atoms with van der Waals surface area (Å²) in [5.74, 6) is -1.43. The van der Waals surface area contributed by atoms with E-state index in [0.29, 0.717) is 5.75 Å². The predicted octanol–water partition coefficient (Wildman–Crippen LogP) is 3.03. The molecule has 0 saturated carbocycles. The van der Waals surface area contributed by atoms with Crippen LogP contribution in [-0.4, -0.2) is 41.4 Å². The van der Waals surface area contributed by atoms with Gasteiger partial charge in [-0.15, -0.1) is 11.3 Å². The van der Waals surface area contributed by atoms with E-state index in [0.717, 1.165) is 15.4 Å². The summed E-state index contributed by atoms with van der Waals surface area (Å²) in [5, 5.41) is 13.3. The second-order valence-corrected chi connectivity index (χ2v) is 6.39. The maximum absolute atomic E-state index is 12.0. The fourth-order valence-corrected chi connectivity index (χ4v) is 2.80. The molecule has 146 valence electrons. The lowest BCUT2D eigenvalue weighted by Crippen LogP contribution is -2.37. The third-order valence-corrected chi connectivity index (χ3v) is 4.25. The number of carbonyl (C=O) groups excluding carboxylic acids is 1. The van der Waals surface area contributed by atoms with Crippen LogP contribution in [0.15, 0.2) is 30.5 Å². The topological polar surface area (TPSA) is 101 Å². The van der Waals surface area contributed by atoms with E-state index in [9.17, 15) is 22.8 Å². The lowest BCUT2D eigenvalue weighted by Gasteiger charge is -2.09. The molecule has 0 bridgehead atoms. The first-order chi connectivity index (χ1) is 12.8. The first-order valence-corrected chi connectivity index (χ1v) is 8.57. The van der Waals surface area contributed by atoms with Gasteiger partial charge in [0.25, 0.3) is 0 Å². The van der Waals surface area contributed by atoms with Crippen LogP contribution in [0.2, 0.25) is 0 Å². The molecule has 0 aliphatic heterocycles. The van der Waals surface area contributed by atoms with Gasteiger partial charge < -0.3 is 20.5 Å². The van der Waals surface area contributed by atoms with Crippen LogP contribution in [0.4, 0.5) is 18.0 Å². The number of aromatic nitrogens is 1. The Morgan fingerprint density at radius 3 is 2.52 bits per heavy atom. The van der Waals surface area contributed by atoms with Crippen LogP contribution >= 0.6 is 11.3 Å². The number of amides is 2. The molecule has 2 amide bonds. The highest BCUT2D eigenvalue weighted by atomic mass is 32.1. The van der Waals surface area contributed by atoms with E-state index in [1.54, 1.807) is 35.8 Å². The zero-order valence-electron chi connectivity index (χ0n) is 13.9. The number of hydrogen-bond donors (Lipinski definition) is 3. The zero-order chi connectivity index (χ0) is 19.9. The molecular formula is C16H16F3N3O4S. The predicted molar refractivity (Wildman–Crippen MR) is 91.6 cm³/mol. The van der Waals surface area contributed by atoms with Crippen LogP contribution in [0.25, 0.3) is 10.6 Å². The molecule has 7 nitrogen and oxygen atoms in total. The molecule has 0 radical (unpaired) electrons. The van der Waals surface area contributed by atoms with E-state index in [1.165, 1.54) is 11.3 Å². The fraction of sp³-hybridized carbons (Fsp3) is 0.312. The van der Waals surface area contributed by atoms with Gasteiger partial charge in [-0.3, -0.25) is 4.79 Å². The summed E-state index contributed by atoms with van der Waals surface area (Å²) in [4.78, 5) is 26.1. The average Bonchev–Trinajstić information content (AvgIpc) is 3.08. The zero-order valence-corrected chi connectivity index (χ0v) is 14.7. The Balaban J connectivity index is 1.77. The van der Waals surface area contributed by atoms with Crippen molar-refractivity contribution in [2.45, 2.75) is 19.1 Å². The molecule has 1 aromatic carbocycles. The Hall–Kier alpha value is -2.82. The minimum Gasteiger partial charge on any atom is -0.494 e. The quantitative estimate of drug-likeness (QED) is 0.589. The van der Waals surface area contributed by atoms with Crippen LogP contribution in [-0.2, 0) is 11.3 Å². The first-order valence-electron chi connectivity index (χ1n) is 7.75. The minimum atomic E-state index is -4.88. The van der Waals surface area contributed by atoms with E-state index < -0.39 is 18.2 Å². The van der Waals surface area contributed by atoms with Gasteiger partial charge in [0.15, 0.2) is 0 Å². The monoisotopic (exact) mass is 403 g/mol. The Kier molecular flexibility index (Phi) is 6.99. The molecule has 0 aliphatic rings. The number of halogens is 3. The molecule has 0 saturated heterocycles. The van der Waals surface area contributed by atoms with Gasteiger partial charge in [0.05, 0.1) is 13.2 Å². The standard InChI is InChI=1S/C16H16F3N3O4S/c17-16(18,19)14(23)20-6-1-7-26-11-4-2-10(3-5-11)13-21-8-12(27-13)9-22-15(24)25/h2-5,8,22H,1,6-7,9H2,(H,20,23)(H,24,25). The van der Waals surface area contributed by atoms with Crippen molar-refractivity contribution in [3.8, 4) is 16.3 Å². The molecule has 0 fully saturated rings. The highest BCUT2D eigenvalue weighted by Gasteiger charge is 2.38. The van der Waals surface area contributed by atoms with Crippen LogP contribution in [0, 0.1) is 0 Å². The molecule has 2 aromatic rings. The summed E-state index contributed by atoms with van der Waals surface area (Å²) in [6.45, 7) is 0.196. The number of nitrogens with zero attached hydrogens (tertiary/aromatic N) is 1. The van der Waals surface area contributed by atoms with E-state index in [4.69, 9.17) is 9.84 Å². The third kappa shape index (κ3) is 6.77. The van der Waals surface area contributed by atoms with Crippen LogP contribution in [0.3, 0.4) is 0 Å². The number of carbonyl (C=O) groups is 2. The number of nitrogens with one attached hydrogen (secondary N) is 2. The maximum Gasteiger partial charge on any atom is 0.471 e. The van der Waals surface area contributed by atoms with Gasteiger partial charge in [-0.05, 0) is 30.7 Å². The van der Waals surface area contributed by atoms with Crippen molar-refractivity contribution in [3.63, 3.8) is 0 Å². The van der Waals surface area contributed by atoms with Crippen LogP contribution in [0.1, 0.15) is 11.3 Å². The summed E-state index contributed by atoms with van der Waals surface area (Å²) < 4.78 is 41.4. The number of benzene rings is 1. The summed E-state index contributed by atoms with van der Waals surface area (Å²) in [5.41, 5.74) is 0.825. The summed E-state index contributed by atoms with van der Waals surface area (Å²) >= 11 is 1.35. The van der Waals surface area contributed by atoms with Gasteiger partial charge in [-0.25, -0.2) is 9.78 Å². The molecule has 3 N–H and O–H groups in total. The van der Waals surface area contributed by atoms with Crippen LogP contribution < -0.4 is 15.4 Å². The normalized spacial score (nSPS) is 11.1. The van der Waals surface area contributed by atoms with E-state index >= 15 is 0 Å². The summed E-state index contributed by atoms with van der Waals surface area (Å²) in [6, 6.07) is 6.93. The van der Waals surface area contributed by atoms with Crippen molar-refractivity contribution < 1.29 is 32.6 Å². The molecule has 11 heteroatoms. The second-order valence-electron chi connectivity index (χ2n) is 5.27. The molecule has 2 rings (SSSR count). The van der Waals surface area contributed by atoms with E-state index in [2.05, 4.69) is 10.3 Å². The SMILES string of the molecule is O=C(O)NCc1cnc(-c2ccc(OCCCNC(=O)C(F)(F)F)cc2)s1. The van der Waals surface area contributed by atoms with Crippen molar-refractivity contribution in [2.24, 2.45) is 0 Å². The highest BCUT2D eigenvalue weighted by molar-refractivity contribution is 7.15. The highest BCUT2D eigenvalue weighted by Crippen LogP contribution is 2.27. The van der Waals surface area contributed by atoms with Crippen molar-refractivity contribution in [3.05, 3.63) is 35.3 Å². The number of rotatable bonds is 8. The Morgan fingerprint density at radius 1 is 1.19 bits per heavy atom. The largest absolute Gasteiger partial charge is 0.494 e. The minimum absolute atomic E-state index is 0.136. The maximum atomic E-state index is 12.0. The molecule has 1 aromatic heterocycles. The van der Waals surface area contributed by atoms with Gasteiger partial charge in [0, 0.05) is 23.2 Å². The van der Waals surface area contributed by atoms with Crippen molar-refractivity contribution in [1.82, 2.24) is 15.6 Å². The number of thiazole rings is 1.